The van der Waals surface area contributed by atoms with Gasteiger partial charge in [-0.15, -0.1) is 0 Å². The third kappa shape index (κ3) is 1.37. The van der Waals surface area contributed by atoms with Crippen molar-refractivity contribution in [3.05, 3.63) is 35.4 Å². The smallest absolute Gasteiger partial charge is 0.0417 e. The second-order valence-electron chi connectivity index (χ2n) is 4.48. The van der Waals surface area contributed by atoms with Crippen LogP contribution in [0.3, 0.4) is 0 Å². The highest BCUT2D eigenvalue weighted by Crippen LogP contribution is 2.43. The van der Waals surface area contributed by atoms with Gasteiger partial charge in [0.1, 0.15) is 0 Å². The van der Waals surface area contributed by atoms with Crippen molar-refractivity contribution in [1.82, 2.24) is 0 Å². The zero-order chi connectivity index (χ0) is 9.47. The summed E-state index contributed by atoms with van der Waals surface area (Å²) in [6.07, 6.45) is 2.27. The van der Waals surface area contributed by atoms with E-state index in [-0.39, 0.29) is 5.54 Å². The summed E-state index contributed by atoms with van der Waals surface area (Å²) in [7, 11) is 0. The van der Waals surface area contributed by atoms with Crippen LogP contribution in [0.25, 0.3) is 0 Å². The Bertz CT molecular complexity index is 311. The van der Waals surface area contributed by atoms with Gasteiger partial charge in [0.15, 0.2) is 0 Å². The molecule has 1 aromatic carbocycles. The maximum atomic E-state index is 6.32. The molecule has 0 amide bonds. The number of rotatable bonds is 1. The van der Waals surface area contributed by atoms with Crippen molar-refractivity contribution in [2.75, 3.05) is 0 Å². The Labute approximate surface area is 80.0 Å². The molecule has 70 valence electrons. The van der Waals surface area contributed by atoms with Crippen molar-refractivity contribution < 1.29 is 0 Å². The van der Waals surface area contributed by atoms with Gasteiger partial charge in [0.25, 0.3) is 0 Å². The second-order valence-corrected chi connectivity index (χ2v) is 4.48. The van der Waals surface area contributed by atoms with Gasteiger partial charge >= 0.3 is 0 Å². The lowest BCUT2D eigenvalue weighted by molar-refractivity contribution is 0.163. The molecule has 0 aliphatic heterocycles. The van der Waals surface area contributed by atoms with Crippen molar-refractivity contribution in [2.45, 2.75) is 32.2 Å². The van der Waals surface area contributed by atoms with Gasteiger partial charge < -0.3 is 5.73 Å². The van der Waals surface area contributed by atoms with E-state index in [0.29, 0.717) is 0 Å². The third-order valence-electron chi connectivity index (χ3n) is 3.11. The molecule has 13 heavy (non-hydrogen) atoms. The quantitative estimate of drug-likeness (QED) is 0.697. The minimum Gasteiger partial charge on any atom is -0.321 e. The largest absolute Gasteiger partial charge is 0.321 e. The molecular weight excluding hydrogens is 158 g/mol. The molecule has 0 saturated heterocycles. The van der Waals surface area contributed by atoms with Crippen LogP contribution in [-0.4, -0.2) is 0 Å². The third-order valence-corrected chi connectivity index (χ3v) is 3.11. The van der Waals surface area contributed by atoms with Crippen LogP contribution in [0, 0.1) is 12.8 Å². The molecule has 0 atom stereocenters. The van der Waals surface area contributed by atoms with Gasteiger partial charge in [-0.1, -0.05) is 31.2 Å². The maximum absolute atomic E-state index is 6.32. The summed E-state index contributed by atoms with van der Waals surface area (Å²) >= 11 is 0. The van der Waals surface area contributed by atoms with Crippen molar-refractivity contribution in [1.29, 1.82) is 0 Å². The van der Waals surface area contributed by atoms with Crippen molar-refractivity contribution in [3.63, 3.8) is 0 Å². The fraction of sp³-hybridized carbons (Fsp3) is 0.500. The first-order valence-corrected chi connectivity index (χ1v) is 4.97. The van der Waals surface area contributed by atoms with Crippen LogP contribution in [-0.2, 0) is 5.54 Å². The predicted molar refractivity (Wildman–Crippen MR) is 55.4 cm³/mol. The normalized spacial score (nSPS) is 32.7. The van der Waals surface area contributed by atoms with E-state index in [1.807, 2.05) is 0 Å². The molecule has 2 N–H and O–H groups in total. The number of hydrogen-bond donors (Lipinski definition) is 1. The summed E-state index contributed by atoms with van der Waals surface area (Å²) in [4.78, 5) is 0. The molecule has 1 nitrogen and oxygen atoms in total. The van der Waals surface area contributed by atoms with Gasteiger partial charge in [-0.25, -0.2) is 0 Å². The molecule has 0 aromatic heterocycles. The molecule has 0 heterocycles. The van der Waals surface area contributed by atoms with Crippen molar-refractivity contribution in [2.24, 2.45) is 11.7 Å². The van der Waals surface area contributed by atoms with Gasteiger partial charge in [0.2, 0.25) is 0 Å². The maximum Gasteiger partial charge on any atom is 0.0417 e. The summed E-state index contributed by atoms with van der Waals surface area (Å²) in [5.41, 5.74) is 8.96. The Balaban J connectivity index is 2.31. The summed E-state index contributed by atoms with van der Waals surface area (Å²) in [5, 5.41) is 0. The molecule has 1 aliphatic rings. The highest BCUT2D eigenvalue weighted by molar-refractivity contribution is 5.34. The van der Waals surface area contributed by atoms with Crippen LogP contribution in [0.5, 0.6) is 0 Å². The number of nitrogens with two attached hydrogens (primary N) is 1. The van der Waals surface area contributed by atoms with E-state index < -0.39 is 0 Å². The van der Waals surface area contributed by atoms with Gasteiger partial charge in [-0.05, 0) is 36.8 Å². The van der Waals surface area contributed by atoms with E-state index in [1.54, 1.807) is 0 Å². The molecular formula is C12H17N. The zero-order valence-corrected chi connectivity index (χ0v) is 8.38. The highest BCUT2D eigenvalue weighted by Gasteiger charge is 2.40. The molecule has 1 fully saturated rings. The Hall–Kier alpha value is -0.820. The monoisotopic (exact) mass is 175 g/mol. The number of hydrogen-bond acceptors (Lipinski definition) is 1. The van der Waals surface area contributed by atoms with Crippen LogP contribution in [0.4, 0.5) is 0 Å². The molecule has 1 aromatic rings. The fourth-order valence-electron chi connectivity index (χ4n) is 2.54. The Morgan fingerprint density at radius 1 is 1.31 bits per heavy atom. The topological polar surface area (TPSA) is 26.0 Å². The van der Waals surface area contributed by atoms with Gasteiger partial charge in [0, 0.05) is 5.54 Å². The molecule has 0 radical (unpaired) electrons. The van der Waals surface area contributed by atoms with E-state index in [2.05, 4.69) is 38.1 Å². The predicted octanol–water partition coefficient (Wildman–Crippen LogP) is 2.58. The minimum absolute atomic E-state index is 0.0231. The average Bonchev–Trinajstić information content (AvgIpc) is 2.02. The summed E-state index contributed by atoms with van der Waals surface area (Å²) in [6.45, 7) is 4.41. The Morgan fingerprint density at radius 2 is 1.92 bits per heavy atom. The van der Waals surface area contributed by atoms with Crippen LogP contribution in [0.1, 0.15) is 30.9 Å². The van der Waals surface area contributed by atoms with Gasteiger partial charge in [-0.3, -0.25) is 0 Å². The van der Waals surface area contributed by atoms with Crippen LogP contribution in [0.15, 0.2) is 24.3 Å². The standard InChI is InChI=1S/C12H17N/c1-9-7-12(13,8-9)11-6-4-3-5-10(11)2/h3-6,9H,7-8,13H2,1-2H3. The van der Waals surface area contributed by atoms with E-state index in [9.17, 15) is 0 Å². The van der Waals surface area contributed by atoms with Crippen LogP contribution >= 0.6 is 0 Å². The van der Waals surface area contributed by atoms with Crippen molar-refractivity contribution >= 4 is 0 Å². The SMILES string of the molecule is Cc1ccccc1C1(N)CC(C)C1. The lowest BCUT2D eigenvalue weighted by Gasteiger charge is -2.44. The molecule has 0 bridgehead atoms. The second kappa shape index (κ2) is 2.85. The van der Waals surface area contributed by atoms with E-state index in [1.165, 1.54) is 11.1 Å². The number of benzene rings is 1. The lowest BCUT2D eigenvalue weighted by atomic mass is 9.65. The van der Waals surface area contributed by atoms with Crippen LogP contribution < -0.4 is 5.73 Å². The first kappa shape index (κ1) is 8.76. The van der Waals surface area contributed by atoms with E-state index >= 15 is 0 Å². The van der Waals surface area contributed by atoms with Crippen molar-refractivity contribution in [3.8, 4) is 0 Å². The molecule has 0 spiro atoms. The van der Waals surface area contributed by atoms with Gasteiger partial charge in [0.05, 0.1) is 0 Å². The fourth-order valence-corrected chi connectivity index (χ4v) is 2.54. The first-order chi connectivity index (χ1) is 6.12. The molecule has 1 heteroatoms. The molecule has 1 saturated carbocycles. The summed E-state index contributed by atoms with van der Waals surface area (Å²) in [5.74, 6) is 0.796. The summed E-state index contributed by atoms with van der Waals surface area (Å²) in [6, 6.07) is 8.47. The Morgan fingerprint density at radius 3 is 2.46 bits per heavy atom. The lowest BCUT2D eigenvalue weighted by Crippen LogP contribution is -2.48. The van der Waals surface area contributed by atoms with E-state index in [0.717, 1.165) is 18.8 Å². The average molecular weight is 175 g/mol. The highest BCUT2D eigenvalue weighted by atomic mass is 14.8. The molecule has 1 aliphatic carbocycles. The molecule has 0 unspecified atom stereocenters. The molecule has 2 rings (SSSR count). The first-order valence-electron chi connectivity index (χ1n) is 4.97. The van der Waals surface area contributed by atoms with E-state index in [4.69, 9.17) is 5.73 Å². The minimum atomic E-state index is -0.0231. The number of aryl methyl sites for hydroxylation is 1. The van der Waals surface area contributed by atoms with Crippen LogP contribution in [0.2, 0.25) is 0 Å². The summed E-state index contributed by atoms with van der Waals surface area (Å²) < 4.78 is 0. The zero-order valence-electron chi connectivity index (χ0n) is 8.38. The Kier molecular flexibility index (Phi) is 1.92. The van der Waals surface area contributed by atoms with Gasteiger partial charge in [-0.2, -0.15) is 0 Å².